The highest BCUT2D eigenvalue weighted by atomic mass is 16.3. The molecule has 0 atom stereocenters. The Bertz CT molecular complexity index is 3110. The second-order valence-electron chi connectivity index (χ2n) is 15.3. The normalized spacial score (nSPS) is 13.1. The van der Waals surface area contributed by atoms with Crippen LogP contribution in [0.2, 0.25) is 0 Å². The van der Waals surface area contributed by atoms with Crippen LogP contribution in [0.5, 0.6) is 0 Å². The lowest BCUT2D eigenvalue weighted by Gasteiger charge is -2.27. The first-order valence-corrected chi connectivity index (χ1v) is 19.1. The second-order valence-corrected chi connectivity index (χ2v) is 15.3. The summed E-state index contributed by atoms with van der Waals surface area (Å²) >= 11 is 0. The van der Waals surface area contributed by atoms with Gasteiger partial charge in [0.15, 0.2) is 0 Å². The van der Waals surface area contributed by atoms with Gasteiger partial charge in [-0.2, -0.15) is 0 Å². The Morgan fingerprint density at radius 2 is 0.964 bits per heavy atom. The average molecular weight is 704 g/mol. The molecule has 11 rings (SSSR count). The third-order valence-corrected chi connectivity index (χ3v) is 11.9. The molecule has 0 amide bonds. The Morgan fingerprint density at radius 1 is 0.382 bits per heavy atom. The molecule has 1 aliphatic carbocycles. The van der Waals surface area contributed by atoms with Crippen LogP contribution in [0.25, 0.3) is 76.9 Å². The van der Waals surface area contributed by atoms with Crippen LogP contribution in [-0.4, -0.2) is 0 Å². The van der Waals surface area contributed by atoms with Crippen LogP contribution in [0, 0.1) is 0 Å². The van der Waals surface area contributed by atoms with Gasteiger partial charge >= 0.3 is 0 Å². The van der Waals surface area contributed by atoms with E-state index in [4.69, 9.17) is 4.42 Å². The van der Waals surface area contributed by atoms with Crippen LogP contribution >= 0.6 is 0 Å². The van der Waals surface area contributed by atoms with Crippen LogP contribution < -0.4 is 4.90 Å². The summed E-state index contributed by atoms with van der Waals surface area (Å²) < 4.78 is 6.32. The fourth-order valence-electron chi connectivity index (χ4n) is 9.09. The van der Waals surface area contributed by atoms with Crippen molar-refractivity contribution in [3.8, 4) is 33.4 Å². The van der Waals surface area contributed by atoms with Gasteiger partial charge < -0.3 is 9.32 Å². The average Bonchev–Trinajstić information content (AvgIpc) is 3.73. The van der Waals surface area contributed by atoms with Gasteiger partial charge in [-0.25, -0.2) is 0 Å². The largest absolute Gasteiger partial charge is 0.456 e. The van der Waals surface area contributed by atoms with E-state index in [1.165, 1.54) is 60.3 Å². The predicted octanol–water partition coefficient (Wildman–Crippen LogP) is 15.0. The Hall–Kier alpha value is -6.90. The molecule has 0 aliphatic heterocycles. The summed E-state index contributed by atoms with van der Waals surface area (Å²) in [7, 11) is 0. The van der Waals surface area contributed by atoms with Crippen molar-refractivity contribution in [2.45, 2.75) is 19.3 Å². The van der Waals surface area contributed by atoms with Gasteiger partial charge in [-0.3, -0.25) is 0 Å². The first kappa shape index (κ1) is 31.6. The SMILES string of the molecule is CC1(C)c2ccccc2-c2cc(N(c3ccc(-c4ccc5oc6ccc7ccccc7c6c5c4)cc3)c3ccc(-c4cccc5ccccc45)cc3)ccc21. The van der Waals surface area contributed by atoms with Crippen molar-refractivity contribution in [3.05, 3.63) is 199 Å². The summed E-state index contributed by atoms with van der Waals surface area (Å²) in [4.78, 5) is 2.39. The number of nitrogens with zero attached hydrogens (tertiary/aromatic N) is 1. The number of hydrogen-bond donors (Lipinski definition) is 0. The molecule has 9 aromatic carbocycles. The molecule has 1 aliphatic rings. The molecule has 0 fully saturated rings. The molecule has 10 aromatic rings. The van der Waals surface area contributed by atoms with Crippen molar-refractivity contribution in [3.63, 3.8) is 0 Å². The topological polar surface area (TPSA) is 16.4 Å². The standard InChI is InChI=1S/C53H37NO/c1-53(2)48-17-8-7-15-45(48)46-33-41(28-29-49(46)53)54(40-26-20-37(21-27-40)43-16-9-12-35-10-3-5-13-42(35)43)39-24-18-34(19-25-39)38-23-30-50-47(32-38)52-44-14-6-4-11-36(44)22-31-51(52)55-50/h3-33H,1-2H3. The van der Waals surface area contributed by atoms with Crippen molar-refractivity contribution < 1.29 is 4.42 Å². The smallest absolute Gasteiger partial charge is 0.136 e. The third kappa shape index (κ3) is 4.95. The van der Waals surface area contributed by atoms with E-state index in [1.807, 2.05) is 0 Å². The summed E-state index contributed by atoms with van der Waals surface area (Å²) in [5.41, 5.74) is 15.3. The van der Waals surface area contributed by atoms with E-state index in [2.05, 4.69) is 207 Å². The lowest BCUT2D eigenvalue weighted by molar-refractivity contribution is 0.660. The van der Waals surface area contributed by atoms with E-state index in [9.17, 15) is 0 Å². The minimum atomic E-state index is -0.0509. The molecule has 260 valence electrons. The van der Waals surface area contributed by atoms with Crippen molar-refractivity contribution in [2.24, 2.45) is 0 Å². The number of anilines is 3. The van der Waals surface area contributed by atoms with Gasteiger partial charge in [-0.1, -0.05) is 147 Å². The molecule has 0 N–H and O–H groups in total. The first-order valence-electron chi connectivity index (χ1n) is 19.1. The number of hydrogen-bond acceptors (Lipinski definition) is 2. The molecule has 1 aromatic heterocycles. The minimum Gasteiger partial charge on any atom is -0.456 e. The van der Waals surface area contributed by atoms with E-state index in [1.54, 1.807) is 0 Å². The Morgan fingerprint density at radius 3 is 1.76 bits per heavy atom. The fraction of sp³-hybridized carbons (Fsp3) is 0.0566. The summed E-state index contributed by atoms with van der Waals surface area (Å²) in [6.07, 6.45) is 0. The Balaban J connectivity index is 1.03. The van der Waals surface area contributed by atoms with Crippen LogP contribution in [0.3, 0.4) is 0 Å². The number of rotatable bonds is 5. The summed E-state index contributed by atoms with van der Waals surface area (Å²) in [5.74, 6) is 0. The monoisotopic (exact) mass is 703 g/mol. The maximum atomic E-state index is 6.32. The zero-order valence-electron chi connectivity index (χ0n) is 30.8. The minimum absolute atomic E-state index is 0.0509. The van der Waals surface area contributed by atoms with Gasteiger partial charge in [0.25, 0.3) is 0 Å². The molecule has 0 radical (unpaired) electrons. The summed E-state index contributed by atoms with van der Waals surface area (Å²) in [6, 6.07) is 68.5. The van der Waals surface area contributed by atoms with Gasteiger partial charge in [0.1, 0.15) is 11.2 Å². The Labute approximate surface area is 320 Å². The van der Waals surface area contributed by atoms with Crippen LogP contribution in [0.4, 0.5) is 17.1 Å². The summed E-state index contributed by atoms with van der Waals surface area (Å²) in [5, 5.41) is 7.26. The number of fused-ring (bicyclic) bond motifs is 9. The maximum Gasteiger partial charge on any atom is 0.136 e. The predicted molar refractivity (Wildman–Crippen MR) is 232 cm³/mol. The van der Waals surface area contributed by atoms with Gasteiger partial charge in [0.05, 0.1) is 0 Å². The van der Waals surface area contributed by atoms with E-state index >= 15 is 0 Å². The van der Waals surface area contributed by atoms with Gasteiger partial charge in [-0.15, -0.1) is 0 Å². The maximum absolute atomic E-state index is 6.32. The van der Waals surface area contributed by atoms with Crippen molar-refractivity contribution >= 4 is 60.5 Å². The first-order chi connectivity index (χ1) is 27.0. The number of benzene rings is 9. The second kappa shape index (κ2) is 12.1. The molecular weight excluding hydrogens is 667 g/mol. The van der Waals surface area contributed by atoms with Gasteiger partial charge in [0.2, 0.25) is 0 Å². The quantitative estimate of drug-likeness (QED) is 0.177. The van der Waals surface area contributed by atoms with Crippen LogP contribution in [0.15, 0.2) is 192 Å². The lowest BCUT2D eigenvalue weighted by atomic mass is 9.82. The molecule has 2 heteroatoms. The van der Waals surface area contributed by atoms with Crippen LogP contribution in [0.1, 0.15) is 25.0 Å². The molecule has 0 saturated heterocycles. The van der Waals surface area contributed by atoms with E-state index < -0.39 is 0 Å². The fourth-order valence-corrected chi connectivity index (χ4v) is 9.09. The van der Waals surface area contributed by atoms with Crippen molar-refractivity contribution in [2.75, 3.05) is 4.90 Å². The van der Waals surface area contributed by atoms with Crippen LogP contribution in [-0.2, 0) is 5.41 Å². The molecule has 0 unspecified atom stereocenters. The molecule has 1 heterocycles. The van der Waals surface area contributed by atoms with E-state index in [0.29, 0.717) is 0 Å². The zero-order valence-corrected chi connectivity index (χ0v) is 30.8. The molecular formula is C53H37NO. The highest BCUT2D eigenvalue weighted by molar-refractivity contribution is 6.19. The van der Waals surface area contributed by atoms with Gasteiger partial charge in [-0.05, 0) is 121 Å². The summed E-state index contributed by atoms with van der Waals surface area (Å²) in [6.45, 7) is 4.68. The highest BCUT2D eigenvalue weighted by Gasteiger charge is 2.35. The van der Waals surface area contributed by atoms with E-state index in [0.717, 1.165) is 44.7 Å². The lowest BCUT2D eigenvalue weighted by Crippen LogP contribution is -2.15. The zero-order chi connectivity index (χ0) is 36.7. The highest BCUT2D eigenvalue weighted by Crippen LogP contribution is 2.51. The number of furan rings is 1. The molecule has 2 nitrogen and oxygen atoms in total. The van der Waals surface area contributed by atoms with Crippen molar-refractivity contribution in [1.29, 1.82) is 0 Å². The molecule has 55 heavy (non-hydrogen) atoms. The van der Waals surface area contributed by atoms with Crippen molar-refractivity contribution in [1.82, 2.24) is 0 Å². The van der Waals surface area contributed by atoms with Gasteiger partial charge in [0, 0.05) is 33.2 Å². The molecule has 0 saturated carbocycles. The van der Waals surface area contributed by atoms with E-state index in [-0.39, 0.29) is 5.41 Å². The Kier molecular flexibility index (Phi) is 6.93. The molecule has 0 bridgehead atoms. The third-order valence-electron chi connectivity index (χ3n) is 11.9. The molecule has 0 spiro atoms.